The first-order valence-electron chi connectivity index (χ1n) is 29.1. The smallest absolute Gasteiger partial charge is 0.159 e. The van der Waals surface area contributed by atoms with Crippen LogP contribution >= 0.6 is 0 Å². The minimum absolute atomic E-state index is 0.746. The second kappa shape index (κ2) is 18.1. The topological polar surface area (TPSA) is 41.6 Å². The third-order valence-corrected chi connectivity index (χ3v) is 17.8. The molecular weight excluding hydrogens is 1040 g/mol. The standard InChI is InChI=1S/C79H50N4O2/c1-3-23-56-60-35-21-39-64(78(60)84-68(56)4-2)80(50-28-13-7-14-29-50)52-42-44-54-58-33-19-37-62-72-71(49-26-11-6-12-27-49)77-73(70(48-24-9-5-10-25-48)76(72)82(74(58)62)66(54)46-52)63-38-20-34-59-55-45-43-53(47-67(55)83(77)75(59)63)81(51-30-15-8-16-31-51)65-40-22-36-61-57-32-17-18-41-69(57)85-79(61)65/h3-47H,2H2,1H3/b23-3-. The molecule has 0 aliphatic rings. The molecule has 6 heteroatoms. The fourth-order valence-corrected chi connectivity index (χ4v) is 14.4. The maximum absolute atomic E-state index is 6.81. The van der Waals surface area contributed by atoms with Crippen LogP contribution in [0, 0.1) is 0 Å². The predicted octanol–water partition coefficient (Wildman–Crippen LogP) is 22.6. The molecule has 0 atom stereocenters. The monoisotopic (exact) mass is 1090 g/mol. The first kappa shape index (κ1) is 47.3. The third kappa shape index (κ3) is 6.59. The second-order valence-electron chi connectivity index (χ2n) is 22.2. The molecule has 0 saturated heterocycles. The third-order valence-electron chi connectivity index (χ3n) is 17.8. The van der Waals surface area contributed by atoms with Gasteiger partial charge in [0.25, 0.3) is 0 Å². The lowest BCUT2D eigenvalue weighted by Gasteiger charge is -2.25. The normalized spacial score (nSPS) is 12.3. The van der Waals surface area contributed by atoms with Crippen molar-refractivity contribution in [1.82, 2.24) is 8.80 Å². The number of allylic oxidation sites excluding steroid dienone is 1. The Morgan fingerprint density at radius 2 is 0.800 bits per heavy atom. The Morgan fingerprint density at radius 1 is 0.365 bits per heavy atom. The van der Waals surface area contributed by atoms with Gasteiger partial charge in [-0.3, -0.25) is 0 Å². The van der Waals surface area contributed by atoms with Crippen molar-refractivity contribution in [3.05, 3.63) is 279 Å². The van der Waals surface area contributed by atoms with Gasteiger partial charge in [-0.2, -0.15) is 0 Å². The maximum atomic E-state index is 6.81. The van der Waals surface area contributed by atoms with Crippen LogP contribution in [0.5, 0.6) is 0 Å². The van der Waals surface area contributed by atoms with Gasteiger partial charge in [0.15, 0.2) is 11.2 Å². The van der Waals surface area contributed by atoms with Crippen LogP contribution in [0.2, 0.25) is 0 Å². The molecule has 18 rings (SSSR count). The van der Waals surface area contributed by atoms with Crippen molar-refractivity contribution in [2.75, 3.05) is 9.80 Å². The number of aromatic nitrogens is 2. The molecule has 0 bridgehead atoms. The number of anilines is 6. The van der Waals surface area contributed by atoms with Crippen LogP contribution in [0.15, 0.2) is 276 Å². The molecule has 0 N–H and O–H groups in total. The Bertz CT molecular complexity index is 5750. The molecule has 6 nitrogen and oxygen atoms in total. The molecule has 398 valence electrons. The lowest BCUT2D eigenvalue weighted by molar-refractivity contribution is 0.604. The van der Waals surface area contributed by atoms with E-state index in [2.05, 4.69) is 286 Å². The van der Waals surface area contributed by atoms with Gasteiger partial charge in [0.2, 0.25) is 0 Å². The number of furan rings is 2. The van der Waals surface area contributed by atoms with Gasteiger partial charge >= 0.3 is 0 Å². The Hall–Kier alpha value is -11.3. The van der Waals surface area contributed by atoms with Crippen LogP contribution in [0.4, 0.5) is 34.1 Å². The van der Waals surface area contributed by atoms with Crippen LogP contribution < -0.4 is 9.80 Å². The van der Waals surface area contributed by atoms with Crippen LogP contribution in [-0.2, 0) is 0 Å². The van der Waals surface area contributed by atoms with Crippen molar-refractivity contribution < 1.29 is 8.83 Å². The fourth-order valence-electron chi connectivity index (χ4n) is 14.4. The fraction of sp³-hybridized carbons (Fsp3) is 0.0127. The number of fused-ring (bicyclic) bond motifs is 16. The highest BCUT2D eigenvalue weighted by atomic mass is 16.3. The van der Waals surface area contributed by atoms with Gasteiger partial charge in [-0.1, -0.05) is 207 Å². The predicted molar refractivity (Wildman–Crippen MR) is 358 cm³/mol. The minimum atomic E-state index is 0.746. The first-order valence-corrected chi connectivity index (χ1v) is 29.1. The summed E-state index contributed by atoms with van der Waals surface area (Å²) < 4.78 is 18.8. The summed E-state index contributed by atoms with van der Waals surface area (Å²) in [4.78, 5) is 4.71. The van der Waals surface area contributed by atoms with Crippen molar-refractivity contribution in [2.45, 2.75) is 6.92 Å². The molecule has 0 spiro atoms. The van der Waals surface area contributed by atoms with Gasteiger partial charge in [-0.25, -0.2) is 0 Å². The van der Waals surface area contributed by atoms with E-state index in [0.717, 1.165) is 101 Å². The van der Waals surface area contributed by atoms with Crippen LogP contribution in [0.1, 0.15) is 18.2 Å². The summed E-state index contributed by atoms with van der Waals surface area (Å²) in [6.07, 6.45) is 5.99. The van der Waals surface area contributed by atoms with Gasteiger partial charge in [0, 0.05) is 98.7 Å². The molecule has 0 amide bonds. The number of hydrogen-bond donors (Lipinski definition) is 0. The van der Waals surface area contributed by atoms with Gasteiger partial charge in [-0.05, 0) is 90.9 Å². The minimum Gasteiger partial charge on any atom is -0.454 e. The van der Waals surface area contributed by atoms with Gasteiger partial charge in [0.05, 0.1) is 44.5 Å². The molecule has 0 saturated carbocycles. The van der Waals surface area contributed by atoms with Crippen molar-refractivity contribution in [2.24, 2.45) is 0 Å². The molecule has 0 radical (unpaired) electrons. The largest absolute Gasteiger partial charge is 0.454 e. The summed E-state index contributed by atoms with van der Waals surface area (Å²) >= 11 is 0. The number of para-hydroxylation sites is 7. The van der Waals surface area contributed by atoms with Crippen molar-refractivity contribution in [1.29, 1.82) is 0 Å². The van der Waals surface area contributed by atoms with Crippen LogP contribution in [0.3, 0.4) is 0 Å². The van der Waals surface area contributed by atoms with Crippen molar-refractivity contribution in [3.8, 4) is 22.3 Å². The summed E-state index contributed by atoms with van der Waals surface area (Å²) in [5.41, 5.74) is 21.3. The molecule has 18 aromatic rings. The zero-order valence-corrected chi connectivity index (χ0v) is 46.3. The first-order chi connectivity index (χ1) is 42.1. The Kier molecular flexibility index (Phi) is 10.1. The Labute approximate surface area is 488 Å². The van der Waals surface area contributed by atoms with Gasteiger partial charge < -0.3 is 27.4 Å². The summed E-state index contributed by atoms with van der Waals surface area (Å²) in [5, 5.41) is 12.9. The van der Waals surface area contributed by atoms with E-state index in [1.54, 1.807) is 0 Å². The average Bonchev–Trinajstić information content (AvgIpc) is 2.25. The highest BCUT2D eigenvalue weighted by Crippen LogP contribution is 2.55. The summed E-state index contributed by atoms with van der Waals surface area (Å²) in [6, 6.07) is 92.8. The number of benzene rings is 12. The average molecular weight is 1090 g/mol. The molecule has 6 aromatic heterocycles. The van der Waals surface area contributed by atoms with Crippen molar-refractivity contribution >= 4 is 155 Å². The molecule has 0 aliphatic heterocycles. The number of hydrogen-bond acceptors (Lipinski definition) is 4. The molecular formula is C79H50N4O2. The SMILES string of the molecule is C=Cc1oc2c(N(c3ccccc3)c3ccc4c5cccc6c7c(-c8ccccc8)c8c(c(-c9ccccc9)c7n(c4c3)c56)c3cccc4c5ccc(N(c6ccccc6)c6cccc7c6oc6ccccc67)cc5n8c43)cccc2c1/C=C\C. The highest BCUT2D eigenvalue weighted by Gasteiger charge is 2.32. The molecule has 0 aliphatic carbocycles. The van der Waals surface area contributed by atoms with Gasteiger partial charge in [0.1, 0.15) is 11.3 Å². The summed E-state index contributed by atoms with van der Waals surface area (Å²) in [7, 11) is 0. The maximum Gasteiger partial charge on any atom is 0.159 e. The number of nitrogens with zero attached hydrogens (tertiary/aromatic N) is 4. The molecule has 85 heavy (non-hydrogen) atoms. The lowest BCUT2D eigenvalue weighted by Crippen LogP contribution is -2.10. The van der Waals surface area contributed by atoms with E-state index in [1.807, 2.05) is 19.1 Å². The molecule has 0 unspecified atom stereocenters. The summed E-state index contributed by atoms with van der Waals surface area (Å²) in [6.45, 7) is 6.20. The highest BCUT2D eigenvalue weighted by molar-refractivity contribution is 6.38. The van der Waals surface area contributed by atoms with Crippen LogP contribution in [-0.4, -0.2) is 8.80 Å². The number of rotatable bonds is 10. The van der Waals surface area contributed by atoms with E-state index >= 15 is 0 Å². The van der Waals surface area contributed by atoms with E-state index in [0.29, 0.717) is 0 Å². The zero-order valence-electron chi connectivity index (χ0n) is 46.3. The Morgan fingerprint density at radius 3 is 1.32 bits per heavy atom. The zero-order chi connectivity index (χ0) is 56.0. The van der Waals surface area contributed by atoms with E-state index in [4.69, 9.17) is 8.83 Å². The van der Waals surface area contributed by atoms with E-state index in [-0.39, 0.29) is 0 Å². The quantitative estimate of drug-likeness (QED) is 0.137. The Balaban J connectivity index is 0.983. The molecule has 6 heterocycles. The second-order valence-corrected chi connectivity index (χ2v) is 22.2. The van der Waals surface area contributed by atoms with Crippen molar-refractivity contribution in [3.63, 3.8) is 0 Å². The molecule has 12 aromatic carbocycles. The van der Waals surface area contributed by atoms with Crippen LogP contribution in [0.25, 0.3) is 144 Å². The lowest BCUT2D eigenvalue weighted by atomic mass is 9.89. The van der Waals surface area contributed by atoms with E-state index < -0.39 is 0 Å². The van der Waals surface area contributed by atoms with E-state index in [9.17, 15) is 0 Å². The van der Waals surface area contributed by atoms with Gasteiger partial charge in [-0.15, -0.1) is 0 Å². The summed E-state index contributed by atoms with van der Waals surface area (Å²) in [5.74, 6) is 0.746. The van der Waals surface area contributed by atoms with E-state index in [1.165, 1.54) is 76.3 Å². The molecule has 0 fully saturated rings.